The van der Waals surface area contributed by atoms with E-state index < -0.39 is 17.5 Å². The van der Waals surface area contributed by atoms with Crippen LogP contribution in [0, 0.1) is 6.92 Å². The summed E-state index contributed by atoms with van der Waals surface area (Å²) < 4.78 is 4.47. The van der Waals surface area contributed by atoms with Crippen LogP contribution in [-0.2, 0) is 27.2 Å². The third-order valence-corrected chi connectivity index (χ3v) is 7.00. The molecule has 1 spiro atoms. The first-order chi connectivity index (χ1) is 17.7. The highest BCUT2D eigenvalue weighted by molar-refractivity contribution is 6.08. The lowest BCUT2D eigenvalue weighted by Gasteiger charge is -2.30. The molecule has 2 aromatic rings. The molecule has 2 N–H and O–H groups in total. The summed E-state index contributed by atoms with van der Waals surface area (Å²) in [6, 6.07) is 13.5. The normalized spacial score (nSPS) is 16.1. The minimum absolute atomic E-state index is 0.0110. The fourth-order valence-corrected chi connectivity index (χ4v) is 4.87. The molecule has 1 aliphatic heterocycles. The summed E-state index contributed by atoms with van der Waals surface area (Å²) in [6.45, 7) is 5.89. The lowest BCUT2D eigenvalue weighted by molar-refractivity contribution is -0.145. The van der Waals surface area contributed by atoms with Gasteiger partial charge >= 0.3 is 12.0 Å². The molecule has 8 heteroatoms. The van der Waals surface area contributed by atoms with Crippen molar-refractivity contribution in [3.8, 4) is 0 Å². The van der Waals surface area contributed by atoms with Crippen LogP contribution in [-0.4, -0.2) is 47.9 Å². The van der Waals surface area contributed by atoms with E-state index in [1.165, 1.54) is 12.7 Å². The van der Waals surface area contributed by atoms with Crippen LogP contribution in [0.2, 0.25) is 0 Å². The molecule has 37 heavy (non-hydrogen) atoms. The van der Waals surface area contributed by atoms with E-state index in [2.05, 4.69) is 29.2 Å². The van der Waals surface area contributed by atoms with Gasteiger partial charge in [-0.15, -0.1) is 0 Å². The highest BCUT2D eigenvalue weighted by Gasteiger charge is 2.51. The molecule has 1 aliphatic carbocycles. The third kappa shape index (κ3) is 6.56. The van der Waals surface area contributed by atoms with Gasteiger partial charge in [0.2, 0.25) is 0 Å². The van der Waals surface area contributed by atoms with Gasteiger partial charge < -0.3 is 15.4 Å². The number of methoxy groups -OCH3 is 1. The van der Waals surface area contributed by atoms with Gasteiger partial charge in [-0.05, 0) is 55.9 Å². The summed E-state index contributed by atoms with van der Waals surface area (Å²) in [7, 11) is 1.23. The van der Waals surface area contributed by atoms with E-state index in [0.717, 1.165) is 59.4 Å². The summed E-state index contributed by atoms with van der Waals surface area (Å²) in [5, 5.41) is 5.72. The zero-order chi connectivity index (χ0) is 27.0. The average Bonchev–Trinajstić information content (AvgIpc) is 3.13. The van der Waals surface area contributed by atoms with E-state index in [1.807, 2.05) is 49.4 Å². The van der Waals surface area contributed by atoms with Gasteiger partial charge in [0.1, 0.15) is 12.1 Å². The van der Waals surface area contributed by atoms with E-state index in [9.17, 15) is 19.2 Å². The largest absolute Gasteiger partial charge is 0.468 e. The molecule has 1 heterocycles. The topological polar surface area (TPSA) is 105 Å². The smallest absolute Gasteiger partial charge is 0.325 e. The average molecular weight is 508 g/mol. The second-order valence-electron chi connectivity index (χ2n) is 9.52. The molecule has 1 saturated carbocycles. The summed E-state index contributed by atoms with van der Waals surface area (Å²) >= 11 is 0. The zero-order valence-corrected chi connectivity index (χ0v) is 22.2. The standard InChI is InChI=1S/C18H21NO.C11H16N2O4/c1-4-14-7-6-8-15(5-2)17(14)18(20)19-16-11-9-13(3)10-12-16;1-17-8(14)7-13-9(15)11(12-10(13)16)5-3-2-4-6-11/h6-12H,4-5H2,1-3H3,(H,19,20);2-7H2,1H3,(H,12,16). The number of nitrogens with zero attached hydrogens (tertiary/aromatic N) is 1. The van der Waals surface area contributed by atoms with Gasteiger partial charge in [-0.25, -0.2) is 4.79 Å². The van der Waals surface area contributed by atoms with Crippen molar-refractivity contribution in [3.05, 3.63) is 64.7 Å². The van der Waals surface area contributed by atoms with Crippen LogP contribution in [0.25, 0.3) is 0 Å². The Bertz CT molecular complexity index is 1110. The Morgan fingerprint density at radius 1 is 0.973 bits per heavy atom. The Hall–Kier alpha value is -3.68. The number of amides is 4. The predicted octanol–water partition coefficient (Wildman–Crippen LogP) is 4.79. The molecule has 4 rings (SSSR count). The predicted molar refractivity (Wildman–Crippen MR) is 142 cm³/mol. The zero-order valence-electron chi connectivity index (χ0n) is 22.2. The Morgan fingerprint density at radius 3 is 2.11 bits per heavy atom. The van der Waals surface area contributed by atoms with Gasteiger partial charge in [-0.3, -0.25) is 19.3 Å². The molecule has 0 bridgehead atoms. The number of carbonyl (C=O) groups excluding carboxylic acids is 4. The van der Waals surface area contributed by atoms with E-state index in [4.69, 9.17) is 0 Å². The maximum Gasteiger partial charge on any atom is 0.325 e. The highest BCUT2D eigenvalue weighted by atomic mass is 16.5. The number of hydrogen-bond donors (Lipinski definition) is 2. The molecule has 2 aromatic carbocycles. The van der Waals surface area contributed by atoms with Crippen LogP contribution in [0.5, 0.6) is 0 Å². The lowest BCUT2D eigenvalue weighted by atomic mass is 9.82. The SMILES string of the molecule is CCc1cccc(CC)c1C(=O)Nc1ccc(C)cc1.COC(=O)CN1C(=O)NC2(CCCCC2)C1=O. The van der Waals surface area contributed by atoms with Crippen LogP contribution in [0.1, 0.15) is 73.0 Å². The molecule has 2 aliphatic rings. The number of carbonyl (C=O) groups is 4. The number of esters is 1. The number of rotatable bonds is 6. The van der Waals surface area contributed by atoms with Crippen molar-refractivity contribution < 1.29 is 23.9 Å². The maximum absolute atomic E-state index is 12.5. The van der Waals surface area contributed by atoms with E-state index in [0.29, 0.717) is 12.8 Å². The fraction of sp³-hybridized carbons (Fsp3) is 0.448. The van der Waals surface area contributed by atoms with Crippen LogP contribution in [0.4, 0.5) is 10.5 Å². The second kappa shape index (κ2) is 12.5. The van der Waals surface area contributed by atoms with Gasteiger partial charge in [-0.2, -0.15) is 0 Å². The quantitative estimate of drug-likeness (QED) is 0.432. The second-order valence-corrected chi connectivity index (χ2v) is 9.52. The molecule has 0 aromatic heterocycles. The third-order valence-electron chi connectivity index (χ3n) is 7.00. The molecule has 2 fully saturated rings. The summed E-state index contributed by atoms with van der Waals surface area (Å²) in [6.07, 6.45) is 6.00. The Labute approximate surface area is 218 Å². The van der Waals surface area contributed by atoms with E-state index >= 15 is 0 Å². The van der Waals surface area contributed by atoms with Crippen LogP contribution in [0.3, 0.4) is 0 Å². The summed E-state index contributed by atoms with van der Waals surface area (Å²) in [5.74, 6) is -0.878. The number of imide groups is 1. The summed E-state index contributed by atoms with van der Waals surface area (Å²) in [4.78, 5) is 48.5. The van der Waals surface area contributed by atoms with Crippen LogP contribution in [0.15, 0.2) is 42.5 Å². The summed E-state index contributed by atoms with van der Waals surface area (Å²) in [5.41, 5.74) is 4.31. The highest BCUT2D eigenvalue weighted by Crippen LogP contribution is 2.33. The Morgan fingerprint density at radius 2 is 1.57 bits per heavy atom. The van der Waals surface area contributed by atoms with Crippen molar-refractivity contribution >= 4 is 29.5 Å². The van der Waals surface area contributed by atoms with Gasteiger partial charge in [0.05, 0.1) is 7.11 Å². The van der Waals surface area contributed by atoms with E-state index in [-0.39, 0.29) is 18.4 Å². The first-order valence-corrected chi connectivity index (χ1v) is 12.9. The molecule has 1 saturated heterocycles. The van der Waals surface area contributed by atoms with Crippen molar-refractivity contribution in [3.63, 3.8) is 0 Å². The van der Waals surface area contributed by atoms with Crippen molar-refractivity contribution in [2.75, 3.05) is 19.0 Å². The van der Waals surface area contributed by atoms with Gasteiger partial charge in [0.25, 0.3) is 11.8 Å². The van der Waals surface area contributed by atoms with Crippen LogP contribution >= 0.6 is 0 Å². The molecule has 198 valence electrons. The van der Waals surface area contributed by atoms with E-state index in [1.54, 1.807) is 0 Å². The molecule has 4 amide bonds. The number of ether oxygens (including phenoxy) is 1. The first kappa shape index (κ1) is 27.9. The van der Waals surface area contributed by atoms with Gasteiger partial charge in [0, 0.05) is 11.3 Å². The monoisotopic (exact) mass is 507 g/mol. The number of hydrogen-bond acceptors (Lipinski definition) is 5. The Balaban J connectivity index is 0.000000208. The fourth-order valence-electron chi connectivity index (χ4n) is 4.87. The molecule has 0 unspecified atom stereocenters. The molecular weight excluding hydrogens is 470 g/mol. The number of aryl methyl sites for hydroxylation is 3. The molecular formula is C29H37N3O5. The van der Waals surface area contributed by atoms with Gasteiger partial charge in [0.15, 0.2) is 0 Å². The van der Waals surface area contributed by atoms with Crippen molar-refractivity contribution in [2.45, 2.75) is 71.3 Å². The maximum atomic E-state index is 12.5. The minimum Gasteiger partial charge on any atom is -0.468 e. The minimum atomic E-state index is -0.761. The number of benzene rings is 2. The van der Waals surface area contributed by atoms with Gasteiger partial charge in [-0.1, -0.05) is 69.0 Å². The number of anilines is 1. The molecule has 8 nitrogen and oxygen atoms in total. The first-order valence-electron chi connectivity index (χ1n) is 12.9. The number of nitrogens with one attached hydrogen (secondary N) is 2. The van der Waals surface area contributed by atoms with Crippen molar-refractivity contribution in [1.29, 1.82) is 0 Å². The molecule has 0 atom stereocenters. The van der Waals surface area contributed by atoms with Crippen LogP contribution < -0.4 is 10.6 Å². The van der Waals surface area contributed by atoms with Crippen molar-refractivity contribution in [2.24, 2.45) is 0 Å². The van der Waals surface area contributed by atoms with Crippen molar-refractivity contribution in [1.82, 2.24) is 10.2 Å². The number of urea groups is 1. The lowest BCUT2D eigenvalue weighted by Crippen LogP contribution is -2.48. The molecule has 0 radical (unpaired) electrons. The Kier molecular flexibility index (Phi) is 9.44.